The largest absolute Gasteiger partial charge is 0.384 e. The number of piperidine rings is 1. The van der Waals surface area contributed by atoms with Crippen LogP contribution in [-0.2, 0) is 13.6 Å². The van der Waals surface area contributed by atoms with Gasteiger partial charge in [0.05, 0.1) is 5.69 Å². The monoisotopic (exact) mass is 405 g/mol. The fraction of sp³-hybridized carbons (Fsp3) is 0.381. The highest BCUT2D eigenvalue weighted by molar-refractivity contribution is 5.92. The molecule has 2 bridgehead atoms. The van der Waals surface area contributed by atoms with Crippen LogP contribution in [0.2, 0.25) is 0 Å². The average Bonchev–Trinajstić information content (AvgIpc) is 3.06. The van der Waals surface area contributed by atoms with Gasteiger partial charge in [0.15, 0.2) is 5.69 Å². The molecule has 5 rings (SSSR count). The third-order valence-electron chi connectivity index (χ3n) is 6.16. The Kier molecular flexibility index (Phi) is 4.19. The number of hydrogen-bond donors (Lipinski definition) is 1. The summed E-state index contributed by atoms with van der Waals surface area (Å²) in [6.45, 7) is 3.75. The van der Waals surface area contributed by atoms with Crippen molar-refractivity contribution < 1.29 is 4.79 Å². The Balaban J connectivity index is 1.49. The van der Waals surface area contributed by atoms with Crippen LogP contribution in [0.15, 0.2) is 35.4 Å². The average molecular weight is 405 g/mol. The topological polar surface area (TPSA) is 112 Å². The molecule has 9 heteroatoms. The van der Waals surface area contributed by atoms with Crippen molar-refractivity contribution in [2.45, 2.75) is 25.8 Å². The van der Waals surface area contributed by atoms with E-state index in [1.807, 2.05) is 35.6 Å². The van der Waals surface area contributed by atoms with Crippen molar-refractivity contribution in [3.05, 3.63) is 58.0 Å². The van der Waals surface area contributed by atoms with Crippen LogP contribution in [0.3, 0.4) is 0 Å². The van der Waals surface area contributed by atoms with Gasteiger partial charge in [0.25, 0.3) is 11.5 Å². The minimum Gasteiger partial charge on any atom is -0.384 e. The second-order valence-corrected chi connectivity index (χ2v) is 8.25. The van der Waals surface area contributed by atoms with E-state index in [1.54, 1.807) is 16.8 Å². The zero-order chi connectivity index (χ0) is 21.0. The van der Waals surface area contributed by atoms with Crippen LogP contribution in [0.4, 0.5) is 5.82 Å². The normalized spacial score (nSPS) is 20.1. The van der Waals surface area contributed by atoms with Crippen LogP contribution in [0, 0.1) is 12.8 Å². The SMILES string of the molecule is Cc1cc(C(=O)N2C[C@@H]3C[C@H](C2)c2cc(-c4cc(N)ncn4)cc(=O)n2C3)nn1C. The maximum absolute atomic E-state index is 13.1. The Morgan fingerprint density at radius 1 is 1.13 bits per heavy atom. The number of aryl methyl sites for hydroxylation is 2. The second kappa shape index (κ2) is 6.79. The first-order chi connectivity index (χ1) is 14.4. The van der Waals surface area contributed by atoms with Crippen molar-refractivity contribution in [2.24, 2.45) is 13.0 Å². The molecule has 3 aromatic rings. The molecule has 30 heavy (non-hydrogen) atoms. The van der Waals surface area contributed by atoms with E-state index in [0.717, 1.165) is 23.4 Å². The number of fused-ring (bicyclic) bond motifs is 4. The molecule has 2 aliphatic rings. The molecule has 2 aliphatic heterocycles. The zero-order valence-corrected chi connectivity index (χ0v) is 16.9. The quantitative estimate of drug-likeness (QED) is 0.685. The number of likely N-dealkylation sites (tertiary alicyclic amines) is 1. The van der Waals surface area contributed by atoms with Gasteiger partial charge in [-0.1, -0.05) is 0 Å². The third-order valence-corrected chi connectivity index (χ3v) is 6.16. The van der Waals surface area contributed by atoms with Crippen LogP contribution in [0.5, 0.6) is 0 Å². The van der Waals surface area contributed by atoms with Gasteiger partial charge in [-0.15, -0.1) is 0 Å². The summed E-state index contributed by atoms with van der Waals surface area (Å²) in [5, 5.41) is 4.34. The summed E-state index contributed by atoms with van der Waals surface area (Å²) in [7, 11) is 1.83. The van der Waals surface area contributed by atoms with Crippen LogP contribution >= 0.6 is 0 Å². The van der Waals surface area contributed by atoms with Gasteiger partial charge in [-0.2, -0.15) is 5.10 Å². The number of carbonyl (C=O) groups excluding carboxylic acids is 1. The summed E-state index contributed by atoms with van der Waals surface area (Å²) in [6.07, 6.45) is 2.35. The number of amides is 1. The molecule has 2 N–H and O–H groups in total. The Morgan fingerprint density at radius 2 is 1.97 bits per heavy atom. The Morgan fingerprint density at radius 3 is 2.70 bits per heavy atom. The van der Waals surface area contributed by atoms with E-state index in [4.69, 9.17) is 5.73 Å². The lowest BCUT2D eigenvalue weighted by atomic mass is 9.82. The van der Waals surface area contributed by atoms with Gasteiger partial charge in [-0.05, 0) is 31.4 Å². The maximum Gasteiger partial charge on any atom is 0.274 e. The van der Waals surface area contributed by atoms with Crippen molar-refractivity contribution in [3.8, 4) is 11.3 Å². The summed E-state index contributed by atoms with van der Waals surface area (Å²) in [5.74, 6) is 0.656. The third kappa shape index (κ3) is 3.06. The first-order valence-electron chi connectivity index (χ1n) is 10.0. The number of carbonyl (C=O) groups is 1. The molecule has 0 unspecified atom stereocenters. The predicted molar refractivity (Wildman–Crippen MR) is 111 cm³/mol. The first-order valence-corrected chi connectivity index (χ1v) is 10.0. The highest BCUT2D eigenvalue weighted by atomic mass is 16.2. The predicted octanol–water partition coefficient (Wildman–Crippen LogP) is 1.19. The van der Waals surface area contributed by atoms with Crippen molar-refractivity contribution in [3.63, 3.8) is 0 Å². The number of rotatable bonds is 2. The molecule has 0 saturated carbocycles. The minimum absolute atomic E-state index is 0.0467. The van der Waals surface area contributed by atoms with Gasteiger partial charge in [0.1, 0.15) is 12.1 Å². The van der Waals surface area contributed by atoms with E-state index in [9.17, 15) is 9.59 Å². The molecule has 0 aliphatic carbocycles. The van der Waals surface area contributed by atoms with Gasteiger partial charge in [-0.3, -0.25) is 14.3 Å². The van der Waals surface area contributed by atoms with Gasteiger partial charge in [0, 0.05) is 61.7 Å². The van der Waals surface area contributed by atoms with E-state index in [0.29, 0.717) is 36.8 Å². The maximum atomic E-state index is 13.1. The zero-order valence-electron chi connectivity index (χ0n) is 16.9. The molecule has 2 atom stereocenters. The lowest BCUT2D eigenvalue weighted by Gasteiger charge is -2.42. The van der Waals surface area contributed by atoms with Crippen molar-refractivity contribution in [2.75, 3.05) is 18.8 Å². The van der Waals surface area contributed by atoms with E-state index < -0.39 is 0 Å². The molecule has 5 heterocycles. The first kappa shape index (κ1) is 18.5. The number of pyridine rings is 1. The molecule has 1 saturated heterocycles. The molecular formula is C21H23N7O2. The van der Waals surface area contributed by atoms with Crippen LogP contribution < -0.4 is 11.3 Å². The molecule has 1 fully saturated rings. The van der Waals surface area contributed by atoms with E-state index >= 15 is 0 Å². The number of aromatic nitrogens is 5. The number of anilines is 1. The molecule has 9 nitrogen and oxygen atoms in total. The molecule has 0 aromatic carbocycles. The van der Waals surface area contributed by atoms with Gasteiger partial charge in [0.2, 0.25) is 0 Å². The molecular weight excluding hydrogens is 382 g/mol. The van der Waals surface area contributed by atoms with E-state index in [-0.39, 0.29) is 23.3 Å². The Labute approximate surface area is 173 Å². The molecule has 1 amide bonds. The number of nitrogens with two attached hydrogens (primary N) is 1. The fourth-order valence-corrected chi connectivity index (χ4v) is 4.63. The van der Waals surface area contributed by atoms with Crippen LogP contribution in [0.25, 0.3) is 11.3 Å². The Hall–Kier alpha value is -3.49. The van der Waals surface area contributed by atoms with Gasteiger partial charge < -0.3 is 15.2 Å². The molecule has 154 valence electrons. The molecule has 0 spiro atoms. The smallest absolute Gasteiger partial charge is 0.274 e. The van der Waals surface area contributed by atoms with Gasteiger partial charge in [-0.25, -0.2) is 9.97 Å². The van der Waals surface area contributed by atoms with E-state index in [1.165, 1.54) is 6.33 Å². The van der Waals surface area contributed by atoms with Crippen molar-refractivity contribution in [1.82, 2.24) is 29.2 Å². The summed E-state index contributed by atoms with van der Waals surface area (Å²) in [4.78, 5) is 36.0. The van der Waals surface area contributed by atoms with Crippen molar-refractivity contribution >= 4 is 11.7 Å². The summed E-state index contributed by atoms with van der Waals surface area (Å²) in [5.41, 5.74) is 9.45. The summed E-state index contributed by atoms with van der Waals surface area (Å²) in [6, 6.07) is 7.09. The fourth-order valence-electron chi connectivity index (χ4n) is 4.63. The van der Waals surface area contributed by atoms with Crippen molar-refractivity contribution in [1.29, 1.82) is 0 Å². The molecule has 0 radical (unpaired) electrons. The summed E-state index contributed by atoms with van der Waals surface area (Å²) >= 11 is 0. The Bertz CT molecular complexity index is 1190. The number of nitrogen functional groups attached to an aromatic ring is 1. The molecule has 3 aromatic heterocycles. The lowest BCUT2D eigenvalue weighted by molar-refractivity contribution is 0.0588. The van der Waals surface area contributed by atoms with Crippen LogP contribution in [-0.4, -0.2) is 48.2 Å². The highest BCUT2D eigenvalue weighted by Gasteiger charge is 2.37. The van der Waals surface area contributed by atoms with Crippen LogP contribution in [0.1, 0.15) is 34.2 Å². The van der Waals surface area contributed by atoms with Gasteiger partial charge >= 0.3 is 0 Å². The standard InChI is InChI=1S/C21H23N7O2/c1-12-3-17(25-26(12)2)21(30)27-8-13-4-15(10-27)18-5-14(6-20(29)28(18)9-13)16-7-19(22)24-11-23-16/h3,5-7,11,13,15H,4,8-10H2,1-2H3,(H2,22,23,24)/t13-,15+/m0/s1. The van der Waals surface area contributed by atoms with E-state index in [2.05, 4.69) is 15.1 Å². The second-order valence-electron chi connectivity index (χ2n) is 8.25. The number of hydrogen-bond acceptors (Lipinski definition) is 6. The summed E-state index contributed by atoms with van der Waals surface area (Å²) < 4.78 is 3.56. The lowest BCUT2D eigenvalue weighted by Crippen LogP contribution is -2.49. The highest BCUT2D eigenvalue weighted by Crippen LogP contribution is 2.36. The minimum atomic E-state index is -0.0519. The number of nitrogens with zero attached hydrogens (tertiary/aromatic N) is 6.